The molecule has 1 N–H and O–H groups in total. The number of hydrogen-bond donors (Lipinski definition) is 1. The summed E-state index contributed by atoms with van der Waals surface area (Å²) in [5.74, 6) is 1.38. The van der Waals surface area contributed by atoms with E-state index in [4.69, 9.17) is 14.2 Å². The van der Waals surface area contributed by atoms with Gasteiger partial charge in [-0.05, 0) is 18.2 Å². The van der Waals surface area contributed by atoms with Gasteiger partial charge in [-0.2, -0.15) is 0 Å². The summed E-state index contributed by atoms with van der Waals surface area (Å²) >= 11 is 0. The minimum Gasteiger partial charge on any atom is -0.490 e. The molecule has 206 valence electrons. The zero-order valence-corrected chi connectivity index (χ0v) is 24.3. The van der Waals surface area contributed by atoms with Gasteiger partial charge >= 0.3 is 0 Å². The van der Waals surface area contributed by atoms with Gasteiger partial charge in [0.05, 0.1) is 50.4 Å². The molecule has 1 aromatic carbocycles. The molecule has 2 aliphatic rings. The number of aromatic nitrogens is 3. The Labute approximate surface area is 239 Å². The van der Waals surface area contributed by atoms with Gasteiger partial charge in [0, 0.05) is 33.7 Å². The predicted molar refractivity (Wildman–Crippen MR) is 154 cm³/mol. The third-order valence-electron chi connectivity index (χ3n) is 6.09. The molecule has 1 amide bonds. The summed E-state index contributed by atoms with van der Waals surface area (Å²) in [6, 6.07) is 7.24. The molecule has 0 bridgehead atoms. The topological polar surface area (TPSA) is 128 Å². The van der Waals surface area contributed by atoms with E-state index in [1.807, 2.05) is 30.1 Å². The molecule has 14 heteroatoms. The summed E-state index contributed by atoms with van der Waals surface area (Å²) in [5, 5.41) is 0. The Bertz CT molecular complexity index is 1440. The van der Waals surface area contributed by atoms with E-state index in [2.05, 4.69) is 14.7 Å². The van der Waals surface area contributed by atoms with Crippen LogP contribution in [0.3, 0.4) is 0 Å². The van der Waals surface area contributed by atoms with Gasteiger partial charge in [0.25, 0.3) is 5.91 Å². The molecule has 3 aromatic rings. The number of carbonyl (C=O) groups excluding carboxylic acids is 1. The van der Waals surface area contributed by atoms with Gasteiger partial charge in [-0.1, -0.05) is 0 Å². The maximum absolute atomic E-state index is 12.7. The number of pyridine rings is 1. The van der Waals surface area contributed by atoms with Crippen molar-refractivity contribution < 1.29 is 28.8 Å². The third kappa shape index (κ3) is 6.06. The largest absolute Gasteiger partial charge is 0.490 e. The number of amides is 1. The van der Waals surface area contributed by atoms with E-state index in [0.717, 1.165) is 11.9 Å². The van der Waals surface area contributed by atoms with Crippen LogP contribution in [0.5, 0.6) is 17.4 Å². The molecular formula is C24H31IN6O6S. The Balaban J connectivity index is 0.00000210. The first-order valence-electron chi connectivity index (χ1n) is 11.7. The standard InChI is InChI=1S/C24H28N6O6S.HI.H2/c1-28-14-20(26-15-28)24(31)29-7-6-18(13-29)36-17-4-5-22-21(11-17)30(8-9-35-22)16-10-19(27-37(3,32)33)23(34-2)25-12-16;;/h4-5,10-12,14-15,18,27H,6-9,13H2,1-3H3;2*1H. The summed E-state index contributed by atoms with van der Waals surface area (Å²) in [6.07, 6.45) is 6.56. The molecule has 1 unspecified atom stereocenters. The van der Waals surface area contributed by atoms with Crippen molar-refractivity contribution in [3.63, 3.8) is 0 Å². The van der Waals surface area contributed by atoms with Crippen molar-refractivity contribution in [1.29, 1.82) is 0 Å². The molecule has 1 saturated heterocycles. The summed E-state index contributed by atoms with van der Waals surface area (Å²) in [6.45, 7) is 2.03. The maximum atomic E-state index is 12.7. The van der Waals surface area contributed by atoms with E-state index in [-0.39, 0.29) is 49.0 Å². The molecular weight excluding hydrogens is 627 g/mol. The van der Waals surface area contributed by atoms with Crippen LogP contribution in [0.1, 0.15) is 18.3 Å². The third-order valence-corrected chi connectivity index (χ3v) is 6.68. The molecule has 12 nitrogen and oxygen atoms in total. The van der Waals surface area contributed by atoms with Gasteiger partial charge in [-0.15, -0.1) is 24.0 Å². The van der Waals surface area contributed by atoms with Gasteiger partial charge in [0.1, 0.15) is 35.6 Å². The minimum atomic E-state index is -3.53. The highest BCUT2D eigenvalue weighted by atomic mass is 127. The van der Waals surface area contributed by atoms with Crippen molar-refractivity contribution in [1.82, 2.24) is 19.4 Å². The number of benzene rings is 1. The maximum Gasteiger partial charge on any atom is 0.274 e. The van der Waals surface area contributed by atoms with E-state index >= 15 is 0 Å². The highest BCUT2D eigenvalue weighted by Crippen LogP contribution is 2.41. The monoisotopic (exact) mass is 658 g/mol. The zero-order valence-electron chi connectivity index (χ0n) is 21.2. The Hall–Kier alpha value is -3.27. The van der Waals surface area contributed by atoms with Crippen LogP contribution in [0.15, 0.2) is 43.0 Å². The number of rotatable bonds is 7. The number of imidazole rings is 1. The number of likely N-dealkylation sites (tertiary alicyclic amines) is 1. The second kappa shape index (κ2) is 11.2. The van der Waals surface area contributed by atoms with Crippen LogP contribution in [0.2, 0.25) is 0 Å². The van der Waals surface area contributed by atoms with E-state index in [9.17, 15) is 13.2 Å². The zero-order chi connectivity index (χ0) is 26.2. The number of anilines is 3. The van der Waals surface area contributed by atoms with Crippen molar-refractivity contribution >= 4 is 57.0 Å². The van der Waals surface area contributed by atoms with E-state index in [0.29, 0.717) is 55.5 Å². The molecule has 0 radical (unpaired) electrons. The van der Waals surface area contributed by atoms with Crippen LogP contribution >= 0.6 is 24.0 Å². The van der Waals surface area contributed by atoms with Gasteiger partial charge in [0.2, 0.25) is 15.9 Å². The molecule has 38 heavy (non-hydrogen) atoms. The van der Waals surface area contributed by atoms with Crippen LogP contribution in [0, 0.1) is 0 Å². The molecule has 0 aliphatic carbocycles. The molecule has 1 atom stereocenters. The molecule has 5 rings (SSSR count). The molecule has 1 fully saturated rings. The van der Waals surface area contributed by atoms with Crippen molar-refractivity contribution in [2.75, 3.05) is 49.2 Å². The molecule has 2 aromatic heterocycles. The fraction of sp³-hybridized carbons (Fsp3) is 0.375. The molecule has 4 heterocycles. The van der Waals surface area contributed by atoms with E-state index in [1.165, 1.54) is 7.11 Å². The quantitative estimate of drug-likeness (QED) is 0.382. The number of halogens is 1. The van der Waals surface area contributed by atoms with Crippen LogP contribution in [-0.4, -0.2) is 79.5 Å². The highest BCUT2D eigenvalue weighted by molar-refractivity contribution is 14.0. The van der Waals surface area contributed by atoms with Gasteiger partial charge in [-0.25, -0.2) is 18.4 Å². The van der Waals surface area contributed by atoms with E-state index in [1.54, 1.807) is 34.3 Å². The number of nitrogens with one attached hydrogen (secondary N) is 1. The lowest BCUT2D eigenvalue weighted by Crippen LogP contribution is -2.31. The first-order valence-corrected chi connectivity index (χ1v) is 13.6. The number of ether oxygens (including phenoxy) is 3. The summed E-state index contributed by atoms with van der Waals surface area (Å²) < 4.78 is 45.2. The fourth-order valence-corrected chi connectivity index (χ4v) is 5.00. The smallest absolute Gasteiger partial charge is 0.274 e. The lowest BCUT2D eigenvalue weighted by Gasteiger charge is -2.32. The Morgan fingerprint density at radius 1 is 1.24 bits per heavy atom. The molecule has 0 saturated carbocycles. The minimum absolute atomic E-state index is 0. The van der Waals surface area contributed by atoms with Crippen LogP contribution in [0.25, 0.3) is 0 Å². The normalized spacial score (nSPS) is 16.8. The number of hydrogen-bond acceptors (Lipinski definition) is 9. The Morgan fingerprint density at radius 3 is 2.76 bits per heavy atom. The second-order valence-corrected chi connectivity index (χ2v) is 10.7. The lowest BCUT2D eigenvalue weighted by atomic mass is 10.2. The van der Waals surface area contributed by atoms with Gasteiger partial charge in [0.15, 0.2) is 0 Å². The average Bonchev–Trinajstić information content (AvgIpc) is 3.51. The highest BCUT2D eigenvalue weighted by Gasteiger charge is 2.30. The van der Waals surface area contributed by atoms with Crippen molar-refractivity contribution in [3.8, 4) is 17.4 Å². The number of methoxy groups -OCH3 is 1. The molecule has 2 aliphatic heterocycles. The van der Waals surface area contributed by atoms with Crippen molar-refractivity contribution in [2.24, 2.45) is 7.05 Å². The lowest BCUT2D eigenvalue weighted by molar-refractivity contribution is 0.0767. The first-order chi connectivity index (χ1) is 17.7. The second-order valence-electron chi connectivity index (χ2n) is 8.96. The number of fused-ring (bicyclic) bond motifs is 1. The van der Waals surface area contributed by atoms with Gasteiger partial charge in [-0.3, -0.25) is 9.52 Å². The Morgan fingerprint density at radius 2 is 2.05 bits per heavy atom. The van der Waals surface area contributed by atoms with Crippen molar-refractivity contribution in [3.05, 3.63) is 48.7 Å². The van der Waals surface area contributed by atoms with Crippen LogP contribution in [0.4, 0.5) is 17.1 Å². The SMILES string of the molecule is COc1ncc(N2CCOc3ccc(OC4CCN(C(=O)c5cn(C)cn5)C4)cc32)cc1NS(C)(=O)=O.I.[HH]. The number of aryl methyl sites for hydroxylation is 1. The molecule has 0 spiro atoms. The van der Waals surface area contributed by atoms with Crippen molar-refractivity contribution in [2.45, 2.75) is 12.5 Å². The summed E-state index contributed by atoms with van der Waals surface area (Å²) in [7, 11) is -0.277. The van der Waals surface area contributed by atoms with Crippen LogP contribution < -0.4 is 23.8 Å². The Kier molecular flexibility index (Phi) is 8.20. The average molecular weight is 659 g/mol. The predicted octanol–water partition coefficient (Wildman–Crippen LogP) is 2.88. The van der Waals surface area contributed by atoms with E-state index < -0.39 is 10.0 Å². The summed E-state index contributed by atoms with van der Waals surface area (Å²) in [4.78, 5) is 24.9. The number of carbonyl (C=O) groups is 1. The summed E-state index contributed by atoms with van der Waals surface area (Å²) in [5.41, 5.74) is 2.09. The van der Waals surface area contributed by atoms with Gasteiger partial charge < -0.3 is 28.6 Å². The fourth-order valence-electron chi connectivity index (χ4n) is 4.45. The van der Waals surface area contributed by atoms with Crippen LogP contribution in [-0.2, 0) is 17.1 Å². The number of sulfonamides is 1. The first kappa shape index (κ1) is 27.8. The number of nitrogens with zero attached hydrogens (tertiary/aromatic N) is 5.